The molecule has 0 unspecified atom stereocenters. The smallest absolute Gasteiger partial charge is 0.153 e. The molecule has 102 valence electrons. The summed E-state index contributed by atoms with van der Waals surface area (Å²) in [7, 11) is 0. The van der Waals surface area contributed by atoms with Gasteiger partial charge in [-0.1, -0.05) is 28.1 Å². The first-order valence-corrected chi connectivity index (χ1v) is 8.81. The molecule has 0 bridgehead atoms. The van der Waals surface area contributed by atoms with Crippen molar-refractivity contribution >= 4 is 64.9 Å². The maximum atomic E-state index is 6.03. The van der Waals surface area contributed by atoms with E-state index in [1.54, 1.807) is 11.3 Å². The van der Waals surface area contributed by atoms with Crippen LogP contribution in [0.3, 0.4) is 0 Å². The molecule has 0 atom stereocenters. The van der Waals surface area contributed by atoms with Crippen molar-refractivity contribution in [2.75, 3.05) is 5.73 Å². The number of aromatic amines is 1. The van der Waals surface area contributed by atoms with Crippen LogP contribution < -0.4 is 5.73 Å². The maximum Gasteiger partial charge on any atom is 0.153 e. The summed E-state index contributed by atoms with van der Waals surface area (Å²) in [6, 6.07) is 10.1. The summed E-state index contributed by atoms with van der Waals surface area (Å²) in [6.07, 6.45) is 0. The zero-order valence-electron chi connectivity index (χ0n) is 9.95. The SMILES string of the molecule is Nc1n[nH]c(-c2cc(Br)sc2Br)c1-c1ccc(Br)cc1. The molecule has 7 heteroatoms. The van der Waals surface area contributed by atoms with E-state index in [2.05, 4.69) is 58.0 Å². The predicted octanol–water partition coefficient (Wildman–Crippen LogP) is 5.67. The summed E-state index contributed by atoms with van der Waals surface area (Å²) in [4.78, 5) is 0. The summed E-state index contributed by atoms with van der Waals surface area (Å²) in [6.45, 7) is 0. The van der Waals surface area contributed by atoms with Crippen LogP contribution >= 0.6 is 59.1 Å². The van der Waals surface area contributed by atoms with Gasteiger partial charge in [0.15, 0.2) is 5.82 Å². The first-order chi connectivity index (χ1) is 9.56. The van der Waals surface area contributed by atoms with E-state index in [-0.39, 0.29) is 0 Å². The standard InChI is InChI=1S/C13H8Br3N3S/c14-7-3-1-6(2-4-7)10-11(18-19-13(10)17)8-5-9(15)20-12(8)16/h1-5H,(H3,17,18,19). The molecule has 0 saturated heterocycles. The van der Waals surface area contributed by atoms with Crippen molar-refractivity contribution in [1.82, 2.24) is 10.2 Å². The number of aromatic nitrogens is 2. The van der Waals surface area contributed by atoms with Crippen molar-refractivity contribution in [2.45, 2.75) is 0 Å². The molecule has 0 aliphatic rings. The van der Waals surface area contributed by atoms with E-state index < -0.39 is 0 Å². The second-order valence-electron chi connectivity index (χ2n) is 4.10. The van der Waals surface area contributed by atoms with Crippen molar-refractivity contribution < 1.29 is 0 Å². The summed E-state index contributed by atoms with van der Waals surface area (Å²) >= 11 is 12.1. The number of thiophene rings is 1. The largest absolute Gasteiger partial charge is 0.382 e. The highest BCUT2D eigenvalue weighted by Gasteiger charge is 2.18. The Morgan fingerprint density at radius 1 is 1.10 bits per heavy atom. The van der Waals surface area contributed by atoms with Crippen LogP contribution in [0.25, 0.3) is 22.4 Å². The second-order valence-corrected chi connectivity index (χ2v) is 8.77. The Morgan fingerprint density at radius 3 is 2.40 bits per heavy atom. The molecule has 2 heterocycles. The van der Waals surface area contributed by atoms with Gasteiger partial charge < -0.3 is 5.73 Å². The molecule has 3 N–H and O–H groups in total. The van der Waals surface area contributed by atoms with E-state index in [0.717, 1.165) is 34.4 Å². The molecule has 0 radical (unpaired) electrons. The molecule has 0 spiro atoms. The summed E-state index contributed by atoms with van der Waals surface area (Å²) < 4.78 is 3.12. The molecule has 3 nitrogen and oxygen atoms in total. The van der Waals surface area contributed by atoms with Crippen LogP contribution in [-0.4, -0.2) is 10.2 Å². The van der Waals surface area contributed by atoms with Crippen LogP contribution in [0.4, 0.5) is 5.82 Å². The van der Waals surface area contributed by atoms with E-state index in [0.29, 0.717) is 5.82 Å². The van der Waals surface area contributed by atoms with Gasteiger partial charge in [-0.2, -0.15) is 5.10 Å². The van der Waals surface area contributed by atoms with Crippen LogP contribution in [0.1, 0.15) is 0 Å². The maximum absolute atomic E-state index is 6.03. The topological polar surface area (TPSA) is 54.7 Å². The Bertz CT molecular complexity index is 762. The lowest BCUT2D eigenvalue weighted by Gasteiger charge is -2.04. The number of benzene rings is 1. The van der Waals surface area contributed by atoms with Crippen molar-refractivity contribution in [3.63, 3.8) is 0 Å². The van der Waals surface area contributed by atoms with Gasteiger partial charge in [0.1, 0.15) is 0 Å². The highest BCUT2D eigenvalue weighted by atomic mass is 79.9. The van der Waals surface area contributed by atoms with Gasteiger partial charge in [-0.3, -0.25) is 5.10 Å². The fourth-order valence-corrected chi connectivity index (χ4v) is 5.06. The minimum atomic E-state index is 0.497. The highest BCUT2D eigenvalue weighted by molar-refractivity contribution is 9.12. The van der Waals surface area contributed by atoms with Crippen molar-refractivity contribution in [2.24, 2.45) is 0 Å². The van der Waals surface area contributed by atoms with Gasteiger partial charge in [0.2, 0.25) is 0 Å². The first-order valence-electron chi connectivity index (χ1n) is 5.61. The molecule has 1 aromatic carbocycles. The number of nitrogens with one attached hydrogen (secondary N) is 1. The molecular formula is C13H8Br3N3S. The average Bonchev–Trinajstić information content (AvgIpc) is 2.93. The summed E-state index contributed by atoms with van der Waals surface area (Å²) in [5.41, 5.74) is 9.94. The van der Waals surface area contributed by atoms with Gasteiger partial charge in [-0.05, 0) is 55.6 Å². The van der Waals surface area contributed by atoms with E-state index in [9.17, 15) is 0 Å². The molecule has 0 aliphatic heterocycles. The van der Waals surface area contributed by atoms with Gasteiger partial charge >= 0.3 is 0 Å². The minimum absolute atomic E-state index is 0.497. The second kappa shape index (κ2) is 5.63. The normalized spacial score (nSPS) is 10.9. The Kier molecular flexibility index (Phi) is 4.03. The van der Waals surface area contributed by atoms with Gasteiger partial charge in [-0.15, -0.1) is 11.3 Å². The van der Waals surface area contributed by atoms with Crippen LogP contribution in [-0.2, 0) is 0 Å². The zero-order chi connectivity index (χ0) is 14.3. The quantitative estimate of drug-likeness (QED) is 0.499. The number of H-pyrrole nitrogens is 1. The van der Waals surface area contributed by atoms with Crippen molar-refractivity contribution in [3.05, 3.63) is 42.4 Å². The van der Waals surface area contributed by atoms with Gasteiger partial charge in [0.05, 0.1) is 18.8 Å². The van der Waals surface area contributed by atoms with Crippen molar-refractivity contribution in [3.8, 4) is 22.4 Å². The van der Waals surface area contributed by atoms with E-state index >= 15 is 0 Å². The Balaban J connectivity index is 2.19. The van der Waals surface area contributed by atoms with Crippen LogP contribution in [0, 0.1) is 0 Å². The van der Waals surface area contributed by atoms with E-state index in [4.69, 9.17) is 5.73 Å². The highest BCUT2D eigenvalue weighted by Crippen LogP contribution is 2.43. The molecular weight excluding hydrogens is 470 g/mol. The van der Waals surface area contributed by atoms with Gasteiger partial charge in [-0.25, -0.2) is 0 Å². The van der Waals surface area contributed by atoms with Gasteiger partial charge in [0, 0.05) is 10.0 Å². The third-order valence-corrected chi connectivity index (χ3v) is 5.72. The monoisotopic (exact) mass is 475 g/mol. The average molecular weight is 478 g/mol. The zero-order valence-corrected chi connectivity index (χ0v) is 15.5. The first kappa shape index (κ1) is 14.3. The molecule has 0 aliphatic carbocycles. The minimum Gasteiger partial charge on any atom is -0.382 e. The lowest BCUT2D eigenvalue weighted by Crippen LogP contribution is -1.88. The lowest BCUT2D eigenvalue weighted by atomic mass is 10.0. The third kappa shape index (κ3) is 2.59. The number of nitrogens with zero attached hydrogens (tertiary/aromatic N) is 1. The molecule has 3 aromatic rings. The number of rotatable bonds is 2. The fraction of sp³-hybridized carbons (Fsp3) is 0. The van der Waals surface area contributed by atoms with Crippen LogP contribution in [0.5, 0.6) is 0 Å². The Hall–Kier alpha value is -0.630. The number of halogens is 3. The number of nitrogen functional groups attached to an aromatic ring is 1. The molecule has 3 rings (SSSR count). The Morgan fingerprint density at radius 2 is 1.80 bits per heavy atom. The molecule has 2 aromatic heterocycles. The lowest BCUT2D eigenvalue weighted by molar-refractivity contribution is 1.10. The summed E-state index contributed by atoms with van der Waals surface area (Å²) in [5, 5.41) is 7.18. The number of nitrogens with two attached hydrogens (primary N) is 1. The molecule has 0 amide bonds. The number of anilines is 1. The molecule has 0 fully saturated rings. The fourth-order valence-electron chi connectivity index (χ4n) is 1.97. The molecule has 20 heavy (non-hydrogen) atoms. The number of hydrogen-bond acceptors (Lipinski definition) is 3. The number of hydrogen-bond donors (Lipinski definition) is 2. The van der Waals surface area contributed by atoms with E-state index in [1.165, 1.54) is 0 Å². The van der Waals surface area contributed by atoms with Crippen LogP contribution in [0.15, 0.2) is 42.4 Å². The van der Waals surface area contributed by atoms with Crippen molar-refractivity contribution in [1.29, 1.82) is 0 Å². The third-order valence-electron chi connectivity index (χ3n) is 2.85. The van der Waals surface area contributed by atoms with E-state index in [1.807, 2.05) is 30.3 Å². The Labute approximate surface area is 145 Å². The predicted molar refractivity (Wildman–Crippen MR) is 94.8 cm³/mol. The van der Waals surface area contributed by atoms with Gasteiger partial charge in [0.25, 0.3) is 0 Å². The molecule has 0 saturated carbocycles. The van der Waals surface area contributed by atoms with Crippen LogP contribution in [0.2, 0.25) is 0 Å². The summed E-state index contributed by atoms with van der Waals surface area (Å²) in [5.74, 6) is 0.497.